The van der Waals surface area contributed by atoms with Crippen molar-refractivity contribution in [3.63, 3.8) is 0 Å². The molecule has 1 aliphatic carbocycles. The van der Waals surface area contributed by atoms with Gasteiger partial charge < -0.3 is 15.0 Å². The Morgan fingerprint density at radius 3 is 2.84 bits per heavy atom. The fourth-order valence-electron chi connectivity index (χ4n) is 4.11. The van der Waals surface area contributed by atoms with Gasteiger partial charge in [0.25, 0.3) is 0 Å². The Morgan fingerprint density at radius 2 is 2.03 bits per heavy atom. The molecule has 1 N–H and O–H groups in total. The number of esters is 1. The van der Waals surface area contributed by atoms with E-state index in [0.29, 0.717) is 18.7 Å². The molecule has 0 saturated heterocycles. The summed E-state index contributed by atoms with van der Waals surface area (Å²) < 4.78 is 18.6. The fourth-order valence-corrected chi connectivity index (χ4v) is 4.29. The summed E-state index contributed by atoms with van der Waals surface area (Å²) in [6, 6.07) is 8.34. The van der Waals surface area contributed by atoms with E-state index in [4.69, 9.17) is 21.3 Å². The van der Waals surface area contributed by atoms with Gasteiger partial charge in [-0.1, -0.05) is 23.7 Å². The number of ether oxygens (including phenoxy) is 1. The van der Waals surface area contributed by atoms with Crippen LogP contribution in [-0.4, -0.2) is 49.1 Å². The first-order valence-electron chi connectivity index (χ1n) is 11.4. The standard InChI is InChI=1S/C25H33ClFN3O2/c1-30(16-6-5-9-19-14-13-18-8-3-4-11-21(18)28-19)17-15-23(25(31)32-2)29-22-12-7-10-20(27)24(22)26/h7,10,12-14,23,29H,3-6,8-9,11,15-17H2,1-2H3/t23-/m0/s1. The number of halogens is 2. The van der Waals surface area contributed by atoms with E-state index in [1.165, 1.54) is 49.4 Å². The number of aromatic nitrogens is 1. The first-order valence-corrected chi connectivity index (χ1v) is 11.8. The van der Waals surface area contributed by atoms with Gasteiger partial charge in [0, 0.05) is 17.9 Å². The topological polar surface area (TPSA) is 54.5 Å². The van der Waals surface area contributed by atoms with Crippen LogP contribution in [0.2, 0.25) is 5.02 Å². The van der Waals surface area contributed by atoms with Crippen molar-refractivity contribution in [3.05, 3.63) is 58.1 Å². The Bertz CT molecular complexity index is 909. The summed E-state index contributed by atoms with van der Waals surface area (Å²) in [5.74, 6) is -0.914. The molecule has 1 aliphatic rings. The van der Waals surface area contributed by atoms with Crippen LogP contribution in [-0.2, 0) is 28.8 Å². The number of hydrogen-bond acceptors (Lipinski definition) is 5. The lowest BCUT2D eigenvalue weighted by molar-refractivity contribution is -0.141. The van der Waals surface area contributed by atoms with Crippen molar-refractivity contribution in [1.29, 1.82) is 0 Å². The molecule has 0 radical (unpaired) electrons. The summed E-state index contributed by atoms with van der Waals surface area (Å²) in [4.78, 5) is 19.3. The second-order valence-corrected chi connectivity index (χ2v) is 8.86. The zero-order chi connectivity index (χ0) is 22.9. The van der Waals surface area contributed by atoms with Crippen LogP contribution < -0.4 is 5.32 Å². The van der Waals surface area contributed by atoms with Crippen molar-refractivity contribution in [2.75, 3.05) is 32.6 Å². The van der Waals surface area contributed by atoms with Crippen LogP contribution in [0, 0.1) is 5.82 Å². The summed E-state index contributed by atoms with van der Waals surface area (Å²) in [6.07, 6.45) is 8.47. The van der Waals surface area contributed by atoms with Crippen molar-refractivity contribution in [3.8, 4) is 0 Å². The van der Waals surface area contributed by atoms with Gasteiger partial charge >= 0.3 is 5.97 Å². The lowest BCUT2D eigenvalue weighted by atomic mass is 9.95. The highest BCUT2D eigenvalue weighted by Gasteiger charge is 2.21. The van der Waals surface area contributed by atoms with Gasteiger partial charge in [-0.2, -0.15) is 0 Å². The summed E-state index contributed by atoms with van der Waals surface area (Å²) in [7, 11) is 3.39. The van der Waals surface area contributed by atoms with Crippen molar-refractivity contribution < 1.29 is 13.9 Å². The Balaban J connectivity index is 1.42. The number of carbonyl (C=O) groups excluding carboxylic acids is 1. The molecule has 0 spiro atoms. The lowest BCUT2D eigenvalue weighted by Gasteiger charge is -2.22. The molecule has 1 aromatic heterocycles. The molecule has 1 heterocycles. The van der Waals surface area contributed by atoms with Crippen LogP contribution in [0.25, 0.3) is 0 Å². The molecule has 1 atom stereocenters. The molecular formula is C25H33ClFN3O2. The highest BCUT2D eigenvalue weighted by molar-refractivity contribution is 6.33. The predicted molar refractivity (Wildman–Crippen MR) is 127 cm³/mol. The SMILES string of the molecule is COC(=O)[C@H](CCN(C)CCCCc1ccc2c(n1)CCCC2)Nc1cccc(F)c1Cl. The molecule has 0 aliphatic heterocycles. The third-order valence-electron chi connectivity index (χ3n) is 6.03. The lowest BCUT2D eigenvalue weighted by Crippen LogP contribution is -2.35. The average Bonchev–Trinajstić information content (AvgIpc) is 2.81. The Morgan fingerprint density at radius 1 is 1.22 bits per heavy atom. The molecule has 174 valence electrons. The minimum Gasteiger partial charge on any atom is -0.467 e. The van der Waals surface area contributed by atoms with Crippen LogP contribution in [0.3, 0.4) is 0 Å². The number of methoxy groups -OCH3 is 1. The number of nitrogens with one attached hydrogen (secondary N) is 1. The number of pyridine rings is 1. The second kappa shape index (κ2) is 12.2. The number of hydrogen-bond donors (Lipinski definition) is 1. The second-order valence-electron chi connectivity index (χ2n) is 8.49. The summed E-state index contributed by atoms with van der Waals surface area (Å²) in [6.45, 7) is 1.64. The molecule has 0 amide bonds. The first-order chi connectivity index (χ1) is 15.5. The van der Waals surface area contributed by atoms with Crippen molar-refractivity contribution in [2.24, 2.45) is 0 Å². The van der Waals surface area contributed by atoms with Crippen LogP contribution in [0.15, 0.2) is 30.3 Å². The summed E-state index contributed by atoms with van der Waals surface area (Å²) >= 11 is 6.02. The van der Waals surface area contributed by atoms with Gasteiger partial charge in [0.2, 0.25) is 0 Å². The maximum atomic E-state index is 13.7. The summed E-state index contributed by atoms with van der Waals surface area (Å²) in [5, 5.41) is 3.00. The highest BCUT2D eigenvalue weighted by Crippen LogP contribution is 2.26. The number of carbonyl (C=O) groups is 1. The third-order valence-corrected chi connectivity index (χ3v) is 6.41. The van der Waals surface area contributed by atoms with E-state index in [9.17, 15) is 9.18 Å². The van der Waals surface area contributed by atoms with E-state index < -0.39 is 17.8 Å². The minimum atomic E-state index is -0.596. The van der Waals surface area contributed by atoms with E-state index in [0.717, 1.165) is 32.2 Å². The summed E-state index contributed by atoms with van der Waals surface area (Å²) in [5.41, 5.74) is 4.30. The molecule has 2 aromatic rings. The zero-order valence-electron chi connectivity index (χ0n) is 19.0. The van der Waals surface area contributed by atoms with Crippen LogP contribution in [0.1, 0.15) is 49.1 Å². The number of benzene rings is 1. The largest absolute Gasteiger partial charge is 0.467 e. The van der Waals surface area contributed by atoms with Gasteiger partial charge in [0.15, 0.2) is 0 Å². The number of aryl methyl sites for hydroxylation is 3. The van der Waals surface area contributed by atoms with Crippen molar-refractivity contribution in [2.45, 2.75) is 57.4 Å². The number of unbranched alkanes of at least 4 members (excludes halogenated alkanes) is 1. The van der Waals surface area contributed by atoms with Crippen molar-refractivity contribution in [1.82, 2.24) is 9.88 Å². The smallest absolute Gasteiger partial charge is 0.328 e. The van der Waals surface area contributed by atoms with Gasteiger partial charge in [-0.25, -0.2) is 9.18 Å². The van der Waals surface area contributed by atoms with Crippen LogP contribution in [0.5, 0.6) is 0 Å². The Hall–Kier alpha value is -2.18. The number of anilines is 1. The number of rotatable bonds is 11. The highest BCUT2D eigenvalue weighted by atomic mass is 35.5. The molecule has 3 rings (SSSR count). The number of nitrogens with zero attached hydrogens (tertiary/aromatic N) is 2. The van der Waals surface area contributed by atoms with E-state index in [1.54, 1.807) is 12.1 Å². The monoisotopic (exact) mass is 461 g/mol. The van der Waals surface area contributed by atoms with E-state index in [1.807, 2.05) is 7.05 Å². The van der Waals surface area contributed by atoms with E-state index in [-0.39, 0.29) is 5.02 Å². The van der Waals surface area contributed by atoms with Gasteiger partial charge in [-0.15, -0.1) is 0 Å². The molecule has 0 unspecified atom stereocenters. The molecule has 32 heavy (non-hydrogen) atoms. The fraction of sp³-hybridized carbons (Fsp3) is 0.520. The van der Waals surface area contributed by atoms with Gasteiger partial charge in [-0.05, 0) is 88.7 Å². The van der Waals surface area contributed by atoms with Crippen molar-refractivity contribution >= 4 is 23.3 Å². The van der Waals surface area contributed by atoms with Crippen LogP contribution in [0.4, 0.5) is 10.1 Å². The van der Waals surface area contributed by atoms with E-state index >= 15 is 0 Å². The predicted octanol–water partition coefficient (Wildman–Crippen LogP) is 5.05. The van der Waals surface area contributed by atoms with Gasteiger partial charge in [-0.3, -0.25) is 4.98 Å². The maximum Gasteiger partial charge on any atom is 0.328 e. The number of fused-ring (bicyclic) bond motifs is 1. The molecular weight excluding hydrogens is 429 g/mol. The first kappa shape index (κ1) is 24.5. The normalized spacial score (nSPS) is 14.2. The van der Waals surface area contributed by atoms with Gasteiger partial charge in [0.1, 0.15) is 11.9 Å². The molecule has 5 nitrogen and oxygen atoms in total. The van der Waals surface area contributed by atoms with Crippen LogP contribution >= 0.6 is 11.6 Å². The van der Waals surface area contributed by atoms with Gasteiger partial charge in [0.05, 0.1) is 17.8 Å². The molecule has 1 aromatic carbocycles. The Kier molecular flexibility index (Phi) is 9.30. The zero-order valence-corrected chi connectivity index (χ0v) is 19.8. The third kappa shape index (κ3) is 6.91. The molecule has 0 fully saturated rings. The Labute approximate surface area is 195 Å². The maximum absolute atomic E-state index is 13.7. The average molecular weight is 462 g/mol. The molecule has 0 saturated carbocycles. The quantitative estimate of drug-likeness (QED) is 0.375. The molecule has 0 bridgehead atoms. The van der Waals surface area contributed by atoms with E-state index in [2.05, 4.69) is 22.3 Å². The minimum absolute atomic E-state index is 0.0226. The molecule has 7 heteroatoms.